The Morgan fingerprint density at radius 2 is 1.10 bits per heavy atom. The van der Waals surface area contributed by atoms with Gasteiger partial charge in [-0.3, -0.25) is 0 Å². The largest absolute Gasteiger partial charge is 0.508 e. The monoisotopic (exact) mass is 400 g/mol. The van der Waals surface area contributed by atoms with Crippen LogP contribution in [0.1, 0.15) is 77.3 Å². The molecule has 0 spiro atoms. The number of hydrogen-bond acceptors (Lipinski definition) is 4. The molecule has 160 valence electrons. The average Bonchev–Trinajstić information content (AvgIpc) is 2.68. The number of ether oxygens (including phenoxy) is 2. The number of hydrogen-bond donors (Lipinski definition) is 2. The first-order valence-corrected chi connectivity index (χ1v) is 10.8. The molecule has 2 aromatic carbocycles. The summed E-state index contributed by atoms with van der Waals surface area (Å²) in [6, 6.07) is 10.6. The Labute approximate surface area is 175 Å². The van der Waals surface area contributed by atoms with Gasteiger partial charge in [-0.25, -0.2) is 0 Å². The van der Waals surface area contributed by atoms with Crippen LogP contribution < -0.4 is 9.47 Å². The van der Waals surface area contributed by atoms with Crippen LogP contribution in [-0.4, -0.2) is 23.4 Å². The first kappa shape index (κ1) is 22.9. The third kappa shape index (κ3) is 6.31. The number of unbranched alkanes of at least 4 members (excludes halogenated alkanes) is 4. The minimum absolute atomic E-state index is 0.191. The van der Waals surface area contributed by atoms with E-state index < -0.39 is 5.41 Å². The number of phenols is 2. The summed E-state index contributed by atoms with van der Waals surface area (Å²) in [5.74, 6) is 1.76. The number of aromatic hydroxyl groups is 2. The van der Waals surface area contributed by atoms with Crippen LogP contribution in [0.5, 0.6) is 23.0 Å². The highest BCUT2D eigenvalue weighted by molar-refractivity contribution is 5.54. The van der Waals surface area contributed by atoms with E-state index in [0.29, 0.717) is 24.7 Å². The quantitative estimate of drug-likeness (QED) is 0.396. The van der Waals surface area contributed by atoms with Gasteiger partial charge in [0, 0.05) is 28.7 Å². The van der Waals surface area contributed by atoms with Gasteiger partial charge in [0.05, 0.1) is 13.2 Å². The second-order valence-electron chi connectivity index (χ2n) is 8.10. The summed E-state index contributed by atoms with van der Waals surface area (Å²) < 4.78 is 12.1. The third-order valence-corrected chi connectivity index (χ3v) is 5.29. The maximum atomic E-state index is 10.00. The summed E-state index contributed by atoms with van der Waals surface area (Å²) in [5, 5.41) is 20.0. The number of phenolic OH excluding ortho intramolecular Hbond substituents is 2. The van der Waals surface area contributed by atoms with E-state index in [1.54, 1.807) is 24.3 Å². The van der Waals surface area contributed by atoms with Gasteiger partial charge in [-0.15, -0.1) is 0 Å². The summed E-state index contributed by atoms with van der Waals surface area (Å²) >= 11 is 0. The van der Waals surface area contributed by atoms with E-state index in [0.717, 1.165) is 49.7 Å². The second-order valence-corrected chi connectivity index (χ2v) is 8.10. The molecule has 0 fully saturated rings. The standard InChI is InChI=1S/C25H36O4/c1-5-7-9-15-28-23-17-19(26)11-13-21(23)25(3,4)22-14-12-20(27)18-24(22)29-16-10-8-6-2/h11-14,17-18,26-27H,5-10,15-16H2,1-4H3. The van der Waals surface area contributed by atoms with Gasteiger partial charge in [0.1, 0.15) is 23.0 Å². The SMILES string of the molecule is CCCCCOc1cc(O)ccc1C(C)(C)c1ccc(O)cc1OCCCCC. The summed E-state index contributed by atoms with van der Waals surface area (Å²) in [4.78, 5) is 0. The molecule has 0 bridgehead atoms. The molecule has 4 heteroatoms. The Morgan fingerprint density at radius 3 is 1.48 bits per heavy atom. The lowest BCUT2D eigenvalue weighted by Gasteiger charge is -2.30. The zero-order chi connectivity index (χ0) is 21.3. The van der Waals surface area contributed by atoms with Gasteiger partial charge < -0.3 is 19.7 Å². The fourth-order valence-corrected chi connectivity index (χ4v) is 3.51. The molecule has 0 atom stereocenters. The van der Waals surface area contributed by atoms with Crippen LogP contribution >= 0.6 is 0 Å². The summed E-state index contributed by atoms with van der Waals surface area (Å²) in [6.07, 6.45) is 6.46. The fourth-order valence-electron chi connectivity index (χ4n) is 3.51. The molecule has 4 nitrogen and oxygen atoms in total. The molecule has 2 rings (SSSR count). The Morgan fingerprint density at radius 1 is 0.690 bits per heavy atom. The summed E-state index contributed by atoms with van der Waals surface area (Å²) in [6.45, 7) is 9.80. The Bertz CT molecular complexity index is 704. The smallest absolute Gasteiger partial charge is 0.127 e. The van der Waals surface area contributed by atoms with E-state index in [9.17, 15) is 10.2 Å². The lowest BCUT2D eigenvalue weighted by molar-refractivity contribution is 0.290. The van der Waals surface area contributed by atoms with Crippen molar-refractivity contribution in [2.24, 2.45) is 0 Å². The molecule has 0 saturated carbocycles. The molecule has 2 N–H and O–H groups in total. The van der Waals surface area contributed by atoms with E-state index in [1.807, 2.05) is 12.1 Å². The van der Waals surface area contributed by atoms with Crippen molar-refractivity contribution < 1.29 is 19.7 Å². The predicted molar refractivity (Wildman–Crippen MR) is 118 cm³/mol. The van der Waals surface area contributed by atoms with Crippen LogP contribution in [0.3, 0.4) is 0 Å². The zero-order valence-corrected chi connectivity index (χ0v) is 18.3. The molecular weight excluding hydrogens is 364 g/mol. The van der Waals surface area contributed by atoms with Crippen LogP contribution in [0.15, 0.2) is 36.4 Å². The van der Waals surface area contributed by atoms with E-state index in [4.69, 9.17) is 9.47 Å². The van der Waals surface area contributed by atoms with Gasteiger partial charge in [0.2, 0.25) is 0 Å². The van der Waals surface area contributed by atoms with Crippen LogP contribution in [-0.2, 0) is 5.41 Å². The lowest BCUT2D eigenvalue weighted by atomic mass is 9.77. The molecule has 29 heavy (non-hydrogen) atoms. The minimum atomic E-state index is -0.429. The van der Waals surface area contributed by atoms with Crippen LogP contribution in [0.25, 0.3) is 0 Å². The molecule has 0 saturated heterocycles. The average molecular weight is 401 g/mol. The van der Waals surface area contributed by atoms with Gasteiger partial charge in [-0.2, -0.15) is 0 Å². The van der Waals surface area contributed by atoms with Crippen molar-refractivity contribution >= 4 is 0 Å². The van der Waals surface area contributed by atoms with Crippen molar-refractivity contribution in [3.05, 3.63) is 47.5 Å². The molecule has 0 amide bonds. The van der Waals surface area contributed by atoms with Gasteiger partial charge in [-0.1, -0.05) is 65.5 Å². The molecule has 0 aliphatic heterocycles. The summed E-state index contributed by atoms with van der Waals surface area (Å²) in [7, 11) is 0. The van der Waals surface area contributed by atoms with Crippen molar-refractivity contribution in [1.82, 2.24) is 0 Å². The maximum Gasteiger partial charge on any atom is 0.127 e. The molecular formula is C25H36O4. The first-order chi connectivity index (χ1) is 13.9. The topological polar surface area (TPSA) is 58.9 Å². The van der Waals surface area contributed by atoms with Crippen molar-refractivity contribution in [3.63, 3.8) is 0 Å². The highest BCUT2D eigenvalue weighted by Crippen LogP contribution is 2.43. The fraction of sp³-hybridized carbons (Fsp3) is 0.520. The highest BCUT2D eigenvalue weighted by atomic mass is 16.5. The van der Waals surface area contributed by atoms with E-state index in [-0.39, 0.29) is 11.5 Å². The Balaban J connectivity index is 2.34. The van der Waals surface area contributed by atoms with Gasteiger partial charge in [0.15, 0.2) is 0 Å². The molecule has 0 aliphatic rings. The zero-order valence-electron chi connectivity index (χ0n) is 18.3. The van der Waals surface area contributed by atoms with Crippen LogP contribution in [0, 0.1) is 0 Å². The molecule has 0 radical (unpaired) electrons. The Kier molecular flexibility index (Phi) is 8.69. The Hall–Kier alpha value is -2.36. The normalized spacial score (nSPS) is 11.4. The van der Waals surface area contributed by atoms with Crippen molar-refractivity contribution in [3.8, 4) is 23.0 Å². The van der Waals surface area contributed by atoms with Crippen molar-refractivity contribution in [2.45, 2.75) is 71.6 Å². The molecule has 2 aromatic rings. The molecule has 0 aliphatic carbocycles. The minimum Gasteiger partial charge on any atom is -0.508 e. The summed E-state index contributed by atoms with van der Waals surface area (Å²) in [5.41, 5.74) is 1.54. The van der Waals surface area contributed by atoms with Gasteiger partial charge >= 0.3 is 0 Å². The predicted octanol–water partition coefficient (Wildman–Crippen LogP) is 6.56. The van der Waals surface area contributed by atoms with Gasteiger partial charge in [-0.05, 0) is 25.0 Å². The van der Waals surface area contributed by atoms with Crippen molar-refractivity contribution in [1.29, 1.82) is 0 Å². The second kappa shape index (κ2) is 11.0. The molecule has 0 heterocycles. The molecule has 0 unspecified atom stereocenters. The third-order valence-electron chi connectivity index (χ3n) is 5.29. The van der Waals surface area contributed by atoms with E-state index >= 15 is 0 Å². The van der Waals surface area contributed by atoms with Crippen LogP contribution in [0.2, 0.25) is 0 Å². The van der Waals surface area contributed by atoms with Crippen molar-refractivity contribution in [2.75, 3.05) is 13.2 Å². The van der Waals surface area contributed by atoms with E-state index in [2.05, 4.69) is 27.7 Å². The lowest BCUT2D eigenvalue weighted by Crippen LogP contribution is -2.21. The van der Waals surface area contributed by atoms with Gasteiger partial charge in [0.25, 0.3) is 0 Å². The van der Waals surface area contributed by atoms with Crippen LogP contribution in [0.4, 0.5) is 0 Å². The maximum absolute atomic E-state index is 10.00. The van der Waals surface area contributed by atoms with E-state index in [1.165, 1.54) is 0 Å². The first-order valence-electron chi connectivity index (χ1n) is 10.8. The highest BCUT2D eigenvalue weighted by Gasteiger charge is 2.30. The number of rotatable bonds is 12. The number of benzene rings is 2. The molecule has 0 aromatic heterocycles.